The second kappa shape index (κ2) is 9.55. The van der Waals surface area contributed by atoms with Crippen molar-refractivity contribution in [2.45, 2.75) is 30.1 Å². The van der Waals surface area contributed by atoms with Gasteiger partial charge in [-0.3, -0.25) is 14.5 Å². The quantitative estimate of drug-likeness (QED) is 0.445. The number of hydrogen-bond acceptors (Lipinski definition) is 9. The molecule has 156 valence electrons. The zero-order chi connectivity index (χ0) is 20.1. The highest BCUT2D eigenvalue weighted by Gasteiger charge is 2.34. The Morgan fingerprint density at radius 1 is 1.32 bits per heavy atom. The topological polar surface area (TPSA) is 96.9 Å². The number of thioether (sulfide) groups is 1. The third-order valence-corrected chi connectivity index (χ3v) is 8.68. The molecule has 0 aliphatic carbocycles. The number of hydrogen-bond donors (Lipinski definition) is 0. The number of carbonyl (C=O) groups excluding carboxylic acids is 2. The molecule has 0 saturated carbocycles. The first-order valence-electron chi connectivity index (χ1n) is 9.31. The van der Waals surface area contributed by atoms with E-state index in [0.29, 0.717) is 37.6 Å². The fourth-order valence-corrected chi connectivity index (χ4v) is 6.92. The van der Waals surface area contributed by atoms with Gasteiger partial charge in [0.05, 0.1) is 36.0 Å². The summed E-state index contributed by atoms with van der Waals surface area (Å²) in [5, 5.41) is 1.82. The van der Waals surface area contributed by atoms with E-state index >= 15 is 0 Å². The van der Waals surface area contributed by atoms with Crippen molar-refractivity contribution in [3.63, 3.8) is 0 Å². The molecule has 3 heterocycles. The molecule has 2 fully saturated rings. The lowest BCUT2D eigenvalue weighted by Gasteiger charge is -2.37. The minimum absolute atomic E-state index is 0.0610. The minimum Gasteiger partial charge on any atom is -0.466 e. The van der Waals surface area contributed by atoms with E-state index in [9.17, 15) is 18.0 Å². The highest BCUT2D eigenvalue weighted by atomic mass is 32.2. The van der Waals surface area contributed by atoms with E-state index in [2.05, 4.69) is 9.88 Å². The molecule has 1 aromatic heterocycles. The molecule has 2 saturated heterocycles. The van der Waals surface area contributed by atoms with Crippen LogP contribution in [0, 0.1) is 0 Å². The molecule has 0 unspecified atom stereocenters. The number of thiazole rings is 1. The van der Waals surface area contributed by atoms with Crippen LogP contribution in [0.15, 0.2) is 9.72 Å². The van der Waals surface area contributed by atoms with Crippen molar-refractivity contribution in [3.8, 4) is 0 Å². The monoisotopic (exact) mass is 447 g/mol. The molecule has 8 nitrogen and oxygen atoms in total. The molecule has 11 heteroatoms. The van der Waals surface area contributed by atoms with E-state index in [1.807, 2.05) is 10.3 Å². The van der Waals surface area contributed by atoms with Gasteiger partial charge in [0, 0.05) is 37.6 Å². The molecule has 1 aromatic rings. The Morgan fingerprint density at radius 3 is 2.71 bits per heavy atom. The molecule has 0 aromatic carbocycles. The van der Waals surface area contributed by atoms with Crippen LogP contribution in [-0.4, -0.2) is 91.2 Å². The predicted molar refractivity (Wildman–Crippen MR) is 108 cm³/mol. The van der Waals surface area contributed by atoms with Gasteiger partial charge in [-0.25, -0.2) is 13.4 Å². The van der Waals surface area contributed by atoms with Gasteiger partial charge in [0.25, 0.3) is 0 Å². The number of rotatable bonds is 7. The van der Waals surface area contributed by atoms with Crippen LogP contribution in [0.4, 0.5) is 0 Å². The highest BCUT2D eigenvalue weighted by molar-refractivity contribution is 8.01. The SMILES string of the molecule is CCOC(=O)Cc1csc(SCC(=O)N2CCN([C@@H]3CCS(=O)(=O)C3)CC2)n1. The van der Waals surface area contributed by atoms with Gasteiger partial charge >= 0.3 is 5.97 Å². The summed E-state index contributed by atoms with van der Waals surface area (Å²) in [6.45, 7) is 4.81. The second-order valence-electron chi connectivity index (χ2n) is 6.85. The first-order valence-corrected chi connectivity index (χ1v) is 13.0. The zero-order valence-electron chi connectivity index (χ0n) is 15.8. The van der Waals surface area contributed by atoms with Gasteiger partial charge in [0.1, 0.15) is 0 Å². The number of carbonyl (C=O) groups is 2. The predicted octanol–water partition coefficient (Wildman–Crippen LogP) is 0.672. The fourth-order valence-electron chi connectivity index (χ4n) is 3.41. The zero-order valence-corrected chi connectivity index (χ0v) is 18.3. The molecule has 28 heavy (non-hydrogen) atoms. The van der Waals surface area contributed by atoms with Gasteiger partial charge in [0.15, 0.2) is 14.2 Å². The molecular weight excluding hydrogens is 422 g/mol. The van der Waals surface area contributed by atoms with Crippen LogP contribution in [0.3, 0.4) is 0 Å². The fraction of sp³-hybridized carbons (Fsp3) is 0.706. The van der Waals surface area contributed by atoms with Crippen LogP contribution >= 0.6 is 23.1 Å². The van der Waals surface area contributed by atoms with Gasteiger partial charge in [0.2, 0.25) is 5.91 Å². The summed E-state index contributed by atoms with van der Waals surface area (Å²) in [6.07, 6.45) is 0.849. The van der Waals surface area contributed by atoms with Gasteiger partial charge < -0.3 is 9.64 Å². The molecule has 3 rings (SSSR count). The van der Waals surface area contributed by atoms with Crippen molar-refractivity contribution in [2.75, 3.05) is 50.0 Å². The number of sulfone groups is 1. The molecule has 2 aliphatic heterocycles. The summed E-state index contributed by atoms with van der Waals surface area (Å²) in [7, 11) is -2.88. The lowest BCUT2D eigenvalue weighted by atomic mass is 10.2. The Labute approximate surface area is 173 Å². The average Bonchev–Trinajstić information content (AvgIpc) is 3.26. The summed E-state index contributed by atoms with van der Waals surface area (Å²) < 4.78 is 29.0. The summed E-state index contributed by atoms with van der Waals surface area (Å²) in [5.41, 5.74) is 0.665. The molecule has 2 aliphatic rings. The van der Waals surface area contributed by atoms with Crippen LogP contribution in [-0.2, 0) is 30.6 Å². The molecule has 1 amide bonds. The third kappa shape index (κ3) is 5.91. The van der Waals surface area contributed by atoms with Crippen LogP contribution in [0.1, 0.15) is 19.0 Å². The standard InChI is InChI=1S/C17H25N3O5S3/c1-2-25-16(22)9-13-10-26-17(18-13)27-11-15(21)20-6-4-19(5-7-20)14-3-8-28(23,24)12-14/h10,14H,2-9,11-12H2,1H3/t14-/m1/s1. The van der Waals surface area contributed by atoms with Crippen molar-refractivity contribution in [1.29, 1.82) is 0 Å². The number of amides is 1. The first-order chi connectivity index (χ1) is 13.4. The summed E-state index contributed by atoms with van der Waals surface area (Å²) in [4.78, 5) is 32.4. The smallest absolute Gasteiger partial charge is 0.311 e. The average molecular weight is 448 g/mol. The van der Waals surface area contributed by atoms with E-state index in [1.165, 1.54) is 23.1 Å². The summed E-state index contributed by atoms with van der Waals surface area (Å²) in [6, 6.07) is 0.102. The maximum absolute atomic E-state index is 12.5. The Bertz CT molecular complexity index is 803. The van der Waals surface area contributed by atoms with Crippen LogP contribution in [0.5, 0.6) is 0 Å². The number of ether oxygens (including phenoxy) is 1. The van der Waals surface area contributed by atoms with Gasteiger partial charge in [-0.05, 0) is 13.3 Å². The first kappa shape index (κ1) is 21.5. The van der Waals surface area contributed by atoms with E-state index < -0.39 is 9.84 Å². The molecule has 1 atom stereocenters. The van der Waals surface area contributed by atoms with Gasteiger partial charge in [-0.1, -0.05) is 11.8 Å². The van der Waals surface area contributed by atoms with Crippen LogP contribution in [0.25, 0.3) is 0 Å². The lowest BCUT2D eigenvalue weighted by Crippen LogP contribution is -2.52. The summed E-state index contributed by atoms with van der Waals surface area (Å²) in [5.74, 6) is 0.595. The Morgan fingerprint density at radius 2 is 2.07 bits per heavy atom. The van der Waals surface area contributed by atoms with Crippen molar-refractivity contribution < 1.29 is 22.7 Å². The largest absolute Gasteiger partial charge is 0.466 e. The molecular formula is C17H25N3O5S3. The van der Waals surface area contributed by atoms with Crippen molar-refractivity contribution in [3.05, 3.63) is 11.1 Å². The lowest BCUT2D eigenvalue weighted by molar-refractivity contribution is -0.142. The Balaban J connectivity index is 1.40. The normalized spacial score (nSPS) is 22.3. The van der Waals surface area contributed by atoms with Crippen LogP contribution < -0.4 is 0 Å². The summed E-state index contributed by atoms with van der Waals surface area (Å²) >= 11 is 2.80. The number of piperazine rings is 1. The van der Waals surface area contributed by atoms with Crippen molar-refractivity contribution in [1.82, 2.24) is 14.8 Å². The van der Waals surface area contributed by atoms with E-state index in [4.69, 9.17) is 4.74 Å². The molecule has 0 spiro atoms. The maximum Gasteiger partial charge on any atom is 0.311 e. The number of esters is 1. The molecule has 0 N–H and O–H groups in total. The maximum atomic E-state index is 12.5. The van der Waals surface area contributed by atoms with Crippen molar-refractivity contribution >= 4 is 44.8 Å². The van der Waals surface area contributed by atoms with Gasteiger partial charge in [-0.15, -0.1) is 11.3 Å². The minimum atomic E-state index is -2.88. The van der Waals surface area contributed by atoms with Crippen LogP contribution in [0.2, 0.25) is 0 Å². The number of nitrogens with zero attached hydrogens (tertiary/aromatic N) is 3. The number of aromatic nitrogens is 1. The van der Waals surface area contributed by atoms with E-state index in [1.54, 1.807) is 6.92 Å². The second-order valence-corrected chi connectivity index (χ2v) is 11.2. The molecule has 0 radical (unpaired) electrons. The third-order valence-electron chi connectivity index (χ3n) is 4.87. The Hall–Kier alpha value is -1.17. The Kier molecular flexibility index (Phi) is 7.35. The molecule has 0 bridgehead atoms. The van der Waals surface area contributed by atoms with Gasteiger partial charge in [-0.2, -0.15) is 0 Å². The van der Waals surface area contributed by atoms with Crippen molar-refractivity contribution in [2.24, 2.45) is 0 Å². The highest BCUT2D eigenvalue weighted by Crippen LogP contribution is 2.24. The van der Waals surface area contributed by atoms with E-state index in [0.717, 1.165) is 17.4 Å². The van der Waals surface area contributed by atoms with E-state index in [-0.39, 0.29) is 35.8 Å².